The molecule has 102 valence electrons. The maximum atomic E-state index is 3.58. The number of benzene rings is 1. The Kier molecular flexibility index (Phi) is 6.07. The van der Waals surface area contributed by atoms with Gasteiger partial charge in [0.05, 0.1) is 3.79 Å². The summed E-state index contributed by atoms with van der Waals surface area (Å²) in [6.07, 6.45) is 2.30. The van der Waals surface area contributed by atoms with E-state index in [1.54, 1.807) is 11.3 Å². The monoisotopic (exact) mass is 401 g/mol. The van der Waals surface area contributed by atoms with Crippen LogP contribution in [0.1, 0.15) is 23.8 Å². The number of aryl methyl sites for hydroxylation is 1. The predicted molar refractivity (Wildman–Crippen MR) is 90.8 cm³/mol. The van der Waals surface area contributed by atoms with Crippen LogP contribution < -0.4 is 5.32 Å². The highest BCUT2D eigenvalue weighted by Crippen LogP contribution is 2.32. The molecule has 0 radical (unpaired) electrons. The molecule has 2 rings (SSSR count). The number of hydrogen-bond acceptors (Lipinski definition) is 2. The summed E-state index contributed by atoms with van der Waals surface area (Å²) in [5.74, 6) is 0. The molecule has 1 heterocycles. The van der Waals surface area contributed by atoms with Gasteiger partial charge in [-0.1, -0.05) is 30.3 Å². The average molecular weight is 403 g/mol. The topological polar surface area (TPSA) is 12.0 Å². The van der Waals surface area contributed by atoms with Crippen molar-refractivity contribution in [3.8, 4) is 0 Å². The fourth-order valence-electron chi connectivity index (χ4n) is 1.88. The molecule has 1 unspecified atom stereocenters. The minimum absolute atomic E-state index is 0.528. The van der Waals surface area contributed by atoms with Crippen molar-refractivity contribution in [2.45, 2.75) is 32.4 Å². The number of thiophene rings is 1. The second-order valence-corrected chi connectivity index (χ2v) is 7.95. The van der Waals surface area contributed by atoms with E-state index in [0.29, 0.717) is 6.04 Å². The lowest BCUT2D eigenvalue weighted by Gasteiger charge is -2.12. The van der Waals surface area contributed by atoms with Gasteiger partial charge < -0.3 is 5.32 Å². The Morgan fingerprint density at radius 1 is 1.21 bits per heavy atom. The van der Waals surface area contributed by atoms with Gasteiger partial charge in [0.2, 0.25) is 0 Å². The van der Waals surface area contributed by atoms with Crippen molar-refractivity contribution in [1.29, 1.82) is 0 Å². The summed E-state index contributed by atoms with van der Waals surface area (Å²) < 4.78 is 2.31. The molecule has 1 aromatic heterocycles. The van der Waals surface area contributed by atoms with Crippen LogP contribution in [0.15, 0.2) is 44.7 Å². The van der Waals surface area contributed by atoms with Crippen molar-refractivity contribution >= 4 is 43.2 Å². The van der Waals surface area contributed by atoms with Crippen LogP contribution in [0.3, 0.4) is 0 Å². The molecule has 0 bridgehead atoms. The van der Waals surface area contributed by atoms with Crippen LogP contribution in [0.25, 0.3) is 0 Å². The van der Waals surface area contributed by atoms with E-state index < -0.39 is 0 Å². The smallest absolute Gasteiger partial charge is 0.0843 e. The van der Waals surface area contributed by atoms with Gasteiger partial charge in [-0.15, -0.1) is 11.3 Å². The van der Waals surface area contributed by atoms with Gasteiger partial charge in [-0.25, -0.2) is 0 Å². The molecule has 0 amide bonds. The fraction of sp³-hybridized carbons (Fsp3) is 0.333. The maximum Gasteiger partial charge on any atom is 0.0843 e. The molecule has 0 aliphatic carbocycles. The minimum Gasteiger partial charge on any atom is -0.309 e. The lowest BCUT2D eigenvalue weighted by molar-refractivity contribution is 0.516. The quantitative estimate of drug-likeness (QED) is 0.683. The number of halogens is 2. The summed E-state index contributed by atoms with van der Waals surface area (Å²) in [7, 11) is 0. The third-order valence-electron chi connectivity index (χ3n) is 3.03. The third kappa shape index (κ3) is 5.03. The Labute approximate surface area is 135 Å². The molecule has 0 aliphatic rings. The van der Waals surface area contributed by atoms with Gasteiger partial charge in [0.15, 0.2) is 0 Å². The second kappa shape index (κ2) is 7.58. The molecule has 1 N–H and O–H groups in total. The molecule has 19 heavy (non-hydrogen) atoms. The van der Waals surface area contributed by atoms with Gasteiger partial charge in [-0.3, -0.25) is 0 Å². The SMILES string of the molecule is CC(CCc1ccccc1)NCc1cc(Br)c(Br)s1. The lowest BCUT2D eigenvalue weighted by atomic mass is 10.1. The van der Waals surface area contributed by atoms with Crippen molar-refractivity contribution in [2.75, 3.05) is 0 Å². The summed E-state index contributed by atoms with van der Waals surface area (Å²) in [5, 5.41) is 3.58. The van der Waals surface area contributed by atoms with E-state index in [2.05, 4.69) is 80.5 Å². The second-order valence-electron chi connectivity index (χ2n) is 4.64. The molecule has 0 saturated carbocycles. The number of rotatable bonds is 6. The van der Waals surface area contributed by atoms with Crippen LogP contribution in [0, 0.1) is 0 Å². The molecule has 1 nitrogen and oxygen atoms in total. The Bertz CT molecular complexity index is 491. The first kappa shape index (κ1) is 15.2. The van der Waals surface area contributed by atoms with Crippen LogP contribution >= 0.6 is 43.2 Å². The van der Waals surface area contributed by atoms with E-state index in [1.807, 2.05) is 0 Å². The number of hydrogen-bond donors (Lipinski definition) is 1. The average Bonchev–Trinajstić information content (AvgIpc) is 2.74. The minimum atomic E-state index is 0.528. The van der Waals surface area contributed by atoms with Gasteiger partial charge in [0.1, 0.15) is 0 Å². The molecular formula is C15H17Br2NS. The first-order chi connectivity index (χ1) is 9.15. The van der Waals surface area contributed by atoms with Crippen molar-refractivity contribution < 1.29 is 0 Å². The third-order valence-corrected chi connectivity index (χ3v) is 6.29. The molecule has 0 spiro atoms. The Balaban J connectivity index is 1.74. The maximum absolute atomic E-state index is 3.58. The molecule has 4 heteroatoms. The normalized spacial score (nSPS) is 12.6. The molecule has 0 fully saturated rings. The molecule has 1 atom stereocenters. The van der Waals surface area contributed by atoms with E-state index in [9.17, 15) is 0 Å². The first-order valence-corrected chi connectivity index (χ1v) is 8.76. The van der Waals surface area contributed by atoms with Crippen LogP contribution in [0.4, 0.5) is 0 Å². The predicted octanol–water partition coefficient (Wildman–Crippen LogP) is 5.38. The van der Waals surface area contributed by atoms with Gasteiger partial charge in [0, 0.05) is 21.9 Å². The Morgan fingerprint density at radius 3 is 2.58 bits per heavy atom. The van der Waals surface area contributed by atoms with Crippen molar-refractivity contribution in [2.24, 2.45) is 0 Å². The van der Waals surface area contributed by atoms with Gasteiger partial charge in [0.25, 0.3) is 0 Å². The molecule has 2 aromatic rings. The van der Waals surface area contributed by atoms with Crippen molar-refractivity contribution in [3.63, 3.8) is 0 Å². The highest BCUT2D eigenvalue weighted by Gasteiger charge is 2.06. The fourth-order valence-corrected chi connectivity index (χ4v) is 4.01. The highest BCUT2D eigenvalue weighted by atomic mass is 79.9. The van der Waals surface area contributed by atoms with E-state index in [1.165, 1.54) is 14.2 Å². The van der Waals surface area contributed by atoms with E-state index >= 15 is 0 Å². The number of nitrogens with one attached hydrogen (secondary N) is 1. The van der Waals surface area contributed by atoms with E-state index in [-0.39, 0.29) is 0 Å². The van der Waals surface area contributed by atoms with Gasteiger partial charge in [-0.2, -0.15) is 0 Å². The standard InChI is InChI=1S/C15H17Br2NS/c1-11(7-8-12-5-3-2-4-6-12)18-10-13-9-14(16)15(17)19-13/h2-6,9,11,18H,7-8,10H2,1H3. The summed E-state index contributed by atoms with van der Waals surface area (Å²) in [4.78, 5) is 1.35. The van der Waals surface area contributed by atoms with Crippen molar-refractivity contribution in [1.82, 2.24) is 5.32 Å². The van der Waals surface area contributed by atoms with Gasteiger partial charge >= 0.3 is 0 Å². The zero-order valence-electron chi connectivity index (χ0n) is 10.8. The zero-order chi connectivity index (χ0) is 13.7. The summed E-state index contributed by atoms with van der Waals surface area (Å²) in [6.45, 7) is 3.19. The first-order valence-electron chi connectivity index (χ1n) is 6.36. The Morgan fingerprint density at radius 2 is 1.95 bits per heavy atom. The summed E-state index contributed by atoms with van der Waals surface area (Å²) in [5.41, 5.74) is 1.41. The lowest BCUT2D eigenvalue weighted by Crippen LogP contribution is -2.25. The van der Waals surface area contributed by atoms with E-state index in [4.69, 9.17) is 0 Å². The molecule has 1 aromatic carbocycles. The van der Waals surface area contributed by atoms with Crippen LogP contribution in [0.5, 0.6) is 0 Å². The zero-order valence-corrected chi connectivity index (χ0v) is 14.8. The molecule has 0 saturated heterocycles. The summed E-state index contributed by atoms with van der Waals surface area (Å²) in [6, 6.07) is 13.4. The molecule has 0 aliphatic heterocycles. The van der Waals surface area contributed by atoms with Crippen LogP contribution in [-0.4, -0.2) is 6.04 Å². The van der Waals surface area contributed by atoms with Gasteiger partial charge in [-0.05, 0) is 63.3 Å². The highest BCUT2D eigenvalue weighted by molar-refractivity contribution is 9.13. The summed E-state index contributed by atoms with van der Waals surface area (Å²) >= 11 is 8.83. The van der Waals surface area contributed by atoms with Crippen LogP contribution in [-0.2, 0) is 13.0 Å². The Hall–Kier alpha value is -0.160. The van der Waals surface area contributed by atoms with Crippen molar-refractivity contribution in [3.05, 3.63) is 55.1 Å². The largest absolute Gasteiger partial charge is 0.309 e. The van der Waals surface area contributed by atoms with E-state index in [0.717, 1.165) is 23.9 Å². The van der Waals surface area contributed by atoms with Crippen LogP contribution in [0.2, 0.25) is 0 Å². The molecular weight excluding hydrogens is 386 g/mol.